The van der Waals surface area contributed by atoms with Crippen LogP contribution in [0.3, 0.4) is 0 Å². The Labute approximate surface area is 121 Å². The number of anilines is 3. The van der Waals surface area contributed by atoms with Crippen molar-refractivity contribution < 1.29 is 8.78 Å². The molecule has 0 spiro atoms. The fraction of sp³-hybridized carbons (Fsp3) is 0. The van der Waals surface area contributed by atoms with E-state index in [2.05, 4.69) is 27.9 Å². The number of hydrogen-bond donors (Lipinski definition) is 2. The van der Waals surface area contributed by atoms with E-state index in [9.17, 15) is 8.78 Å². The third-order valence-electron chi connectivity index (χ3n) is 2.28. The lowest BCUT2D eigenvalue weighted by Crippen LogP contribution is -2.00. The highest BCUT2D eigenvalue weighted by molar-refractivity contribution is 14.1. The molecule has 0 amide bonds. The molecule has 2 rings (SSSR count). The molecule has 0 aliphatic rings. The molecular formula is C12H8ClF2IN2. The van der Waals surface area contributed by atoms with E-state index in [1.165, 1.54) is 0 Å². The second-order valence-electron chi connectivity index (χ2n) is 3.60. The number of benzene rings is 2. The summed E-state index contributed by atoms with van der Waals surface area (Å²) in [6, 6.07) is 7.05. The largest absolute Gasteiger partial charge is 0.397 e. The van der Waals surface area contributed by atoms with Crippen LogP contribution in [0.15, 0.2) is 30.3 Å². The number of nitrogen functional groups attached to an aromatic ring is 1. The van der Waals surface area contributed by atoms with E-state index in [0.717, 1.165) is 15.7 Å². The lowest BCUT2D eigenvalue weighted by atomic mass is 10.2. The van der Waals surface area contributed by atoms with Crippen molar-refractivity contribution in [3.8, 4) is 0 Å². The number of rotatable bonds is 2. The smallest absolute Gasteiger partial charge is 0.151 e. The van der Waals surface area contributed by atoms with Crippen LogP contribution in [0.1, 0.15) is 0 Å². The second-order valence-corrected chi connectivity index (χ2v) is 5.25. The quantitative estimate of drug-likeness (QED) is 0.593. The molecule has 0 fully saturated rings. The number of nitrogens with two attached hydrogens (primary N) is 1. The third-order valence-corrected chi connectivity index (χ3v) is 3.25. The molecule has 2 nitrogen and oxygen atoms in total. The molecule has 0 saturated carbocycles. The molecule has 0 atom stereocenters. The van der Waals surface area contributed by atoms with Crippen LogP contribution in [-0.2, 0) is 0 Å². The van der Waals surface area contributed by atoms with Gasteiger partial charge in [-0.25, -0.2) is 8.78 Å². The van der Waals surface area contributed by atoms with Gasteiger partial charge in [0.25, 0.3) is 0 Å². The third kappa shape index (κ3) is 2.84. The van der Waals surface area contributed by atoms with Gasteiger partial charge in [0.05, 0.1) is 22.1 Å². The van der Waals surface area contributed by atoms with Gasteiger partial charge in [-0.3, -0.25) is 0 Å². The maximum atomic E-state index is 13.6. The van der Waals surface area contributed by atoms with E-state index in [0.29, 0.717) is 11.4 Å². The van der Waals surface area contributed by atoms with Crippen LogP contribution >= 0.6 is 34.2 Å². The van der Waals surface area contributed by atoms with Crippen LogP contribution in [-0.4, -0.2) is 0 Å². The molecule has 3 N–H and O–H groups in total. The molecule has 0 radical (unpaired) electrons. The van der Waals surface area contributed by atoms with Crippen LogP contribution in [0.5, 0.6) is 0 Å². The summed E-state index contributed by atoms with van der Waals surface area (Å²) in [5.74, 6) is -1.49. The molecule has 0 aliphatic heterocycles. The van der Waals surface area contributed by atoms with Crippen molar-refractivity contribution >= 4 is 51.3 Å². The van der Waals surface area contributed by atoms with Gasteiger partial charge in [0, 0.05) is 9.64 Å². The molecule has 2 aromatic carbocycles. The Bertz CT molecular complexity index is 582. The van der Waals surface area contributed by atoms with Gasteiger partial charge < -0.3 is 11.1 Å². The van der Waals surface area contributed by atoms with Crippen molar-refractivity contribution in [3.05, 3.63) is 50.6 Å². The highest BCUT2D eigenvalue weighted by atomic mass is 127. The van der Waals surface area contributed by atoms with Crippen molar-refractivity contribution in [3.63, 3.8) is 0 Å². The Morgan fingerprint density at radius 1 is 1.17 bits per heavy atom. The van der Waals surface area contributed by atoms with Gasteiger partial charge in [-0.2, -0.15) is 0 Å². The summed E-state index contributed by atoms with van der Waals surface area (Å²) in [6.07, 6.45) is 0. The first-order valence-corrected chi connectivity index (χ1v) is 6.39. The predicted octanol–water partition coefficient (Wildman–Crippen LogP) is 4.55. The molecule has 18 heavy (non-hydrogen) atoms. The van der Waals surface area contributed by atoms with E-state index < -0.39 is 11.6 Å². The van der Waals surface area contributed by atoms with Gasteiger partial charge in [0.15, 0.2) is 5.82 Å². The van der Waals surface area contributed by atoms with Crippen LogP contribution in [0.25, 0.3) is 0 Å². The summed E-state index contributed by atoms with van der Waals surface area (Å²) in [6.45, 7) is 0. The summed E-state index contributed by atoms with van der Waals surface area (Å²) < 4.78 is 27.4. The van der Waals surface area contributed by atoms with Gasteiger partial charge in [-0.05, 0) is 46.9 Å². The molecule has 0 unspecified atom stereocenters. The number of nitrogens with one attached hydrogen (secondary N) is 1. The molecule has 0 aromatic heterocycles. The van der Waals surface area contributed by atoms with Crippen LogP contribution in [0, 0.1) is 15.2 Å². The standard InChI is InChI=1S/C12H8ClF2IN2/c13-8-3-6(14)4-9(15)12(8)18-11-2-1-7(16)5-10(11)17/h1-5,18H,17H2. The highest BCUT2D eigenvalue weighted by Crippen LogP contribution is 2.32. The topological polar surface area (TPSA) is 38.0 Å². The minimum Gasteiger partial charge on any atom is -0.397 e. The summed E-state index contributed by atoms with van der Waals surface area (Å²) in [4.78, 5) is 0. The van der Waals surface area contributed by atoms with Gasteiger partial charge in [0.2, 0.25) is 0 Å². The summed E-state index contributed by atoms with van der Waals surface area (Å²) >= 11 is 7.90. The Hall–Kier alpha value is -1.08. The predicted molar refractivity (Wildman–Crippen MR) is 78.2 cm³/mol. The Kier molecular flexibility index (Phi) is 3.91. The van der Waals surface area contributed by atoms with Gasteiger partial charge in [-0.15, -0.1) is 0 Å². The normalized spacial score (nSPS) is 10.4. The summed E-state index contributed by atoms with van der Waals surface area (Å²) in [5, 5.41) is 2.72. The molecule has 2 aromatic rings. The van der Waals surface area contributed by atoms with Gasteiger partial charge in [-0.1, -0.05) is 11.6 Å². The molecule has 0 saturated heterocycles. The molecule has 0 heterocycles. The average molecular weight is 381 g/mol. The summed E-state index contributed by atoms with van der Waals surface area (Å²) in [7, 11) is 0. The van der Waals surface area contributed by atoms with Crippen LogP contribution < -0.4 is 11.1 Å². The van der Waals surface area contributed by atoms with E-state index >= 15 is 0 Å². The van der Waals surface area contributed by atoms with E-state index in [1.54, 1.807) is 12.1 Å². The van der Waals surface area contributed by atoms with E-state index in [4.69, 9.17) is 17.3 Å². The average Bonchev–Trinajstić information content (AvgIpc) is 2.25. The molecular weight excluding hydrogens is 372 g/mol. The van der Waals surface area contributed by atoms with Crippen LogP contribution in [0.2, 0.25) is 5.02 Å². The first-order valence-electron chi connectivity index (χ1n) is 4.94. The zero-order valence-electron chi connectivity index (χ0n) is 8.98. The monoisotopic (exact) mass is 380 g/mol. The molecule has 6 heteroatoms. The number of hydrogen-bond acceptors (Lipinski definition) is 2. The van der Waals surface area contributed by atoms with Gasteiger partial charge in [0.1, 0.15) is 5.82 Å². The minimum absolute atomic E-state index is 0.00553. The zero-order chi connectivity index (χ0) is 13.3. The van der Waals surface area contributed by atoms with Crippen molar-refractivity contribution in [2.75, 3.05) is 11.1 Å². The lowest BCUT2D eigenvalue weighted by Gasteiger charge is -2.12. The SMILES string of the molecule is Nc1cc(I)ccc1Nc1c(F)cc(F)cc1Cl. The first-order chi connectivity index (χ1) is 8.47. The maximum Gasteiger partial charge on any atom is 0.151 e. The maximum absolute atomic E-state index is 13.6. The fourth-order valence-electron chi connectivity index (χ4n) is 1.44. The van der Waals surface area contributed by atoms with E-state index in [1.807, 2.05) is 6.07 Å². The highest BCUT2D eigenvalue weighted by Gasteiger charge is 2.11. The lowest BCUT2D eigenvalue weighted by molar-refractivity contribution is 0.586. The zero-order valence-corrected chi connectivity index (χ0v) is 11.9. The number of halogens is 4. The first kappa shape index (κ1) is 13.4. The molecule has 0 bridgehead atoms. The second kappa shape index (κ2) is 5.27. The fourth-order valence-corrected chi connectivity index (χ4v) is 2.20. The summed E-state index contributed by atoms with van der Waals surface area (Å²) in [5.41, 5.74) is 6.77. The molecule has 0 aliphatic carbocycles. The Morgan fingerprint density at radius 2 is 1.89 bits per heavy atom. The Morgan fingerprint density at radius 3 is 2.50 bits per heavy atom. The minimum atomic E-state index is -0.766. The van der Waals surface area contributed by atoms with Crippen molar-refractivity contribution in [1.29, 1.82) is 0 Å². The van der Waals surface area contributed by atoms with Crippen molar-refractivity contribution in [2.45, 2.75) is 0 Å². The Balaban J connectivity index is 2.40. The van der Waals surface area contributed by atoms with Crippen LogP contribution in [0.4, 0.5) is 25.8 Å². The van der Waals surface area contributed by atoms with Gasteiger partial charge >= 0.3 is 0 Å². The van der Waals surface area contributed by atoms with E-state index in [-0.39, 0.29) is 10.7 Å². The van der Waals surface area contributed by atoms with Crippen molar-refractivity contribution in [2.24, 2.45) is 0 Å². The molecule has 94 valence electrons. The van der Waals surface area contributed by atoms with Crippen molar-refractivity contribution in [1.82, 2.24) is 0 Å².